The summed E-state index contributed by atoms with van der Waals surface area (Å²) in [6, 6.07) is 36.2. The van der Waals surface area contributed by atoms with Crippen LogP contribution in [0.1, 0.15) is 88.8 Å². The lowest BCUT2D eigenvalue weighted by molar-refractivity contribution is -0.155. The zero-order chi connectivity index (χ0) is 36.5. The number of ether oxygens (including phenoxy) is 2. The van der Waals surface area contributed by atoms with Crippen molar-refractivity contribution < 1.29 is 24.2 Å². The molecule has 0 bridgehead atoms. The number of para-hydroxylation sites is 2. The number of unbranched alkanes of at least 4 members (excludes halogenated alkanes) is 6. The average molecular weight is 685 g/mol. The van der Waals surface area contributed by atoms with Gasteiger partial charge in [0.15, 0.2) is 0 Å². The number of rotatable bonds is 18. The Morgan fingerprint density at radius 2 is 1.25 bits per heavy atom. The van der Waals surface area contributed by atoms with Crippen molar-refractivity contribution in [2.45, 2.75) is 77.7 Å². The molecule has 7 heteroatoms. The quantitative estimate of drug-likeness (QED) is 0.0366. The molecule has 0 fully saturated rings. The number of hydrogen-bond donors (Lipinski definition) is 1. The number of nitrogens with zero attached hydrogens (tertiary/aromatic N) is 2. The van der Waals surface area contributed by atoms with Gasteiger partial charge in [0, 0.05) is 29.0 Å². The third kappa shape index (κ3) is 13.0. The monoisotopic (exact) mass is 684 g/mol. The molecular weight excluding hydrogens is 636 g/mol. The molecule has 0 aromatic heterocycles. The topological polar surface area (TPSA) is 99.9 Å². The third-order valence-electron chi connectivity index (χ3n) is 8.04. The van der Waals surface area contributed by atoms with Crippen molar-refractivity contribution in [2.24, 2.45) is 0 Å². The summed E-state index contributed by atoms with van der Waals surface area (Å²) in [4.78, 5) is 25.6. The molecular formula is C44H48N2O5. The van der Waals surface area contributed by atoms with Crippen LogP contribution in [0.15, 0.2) is 109 Å². The molecule has 4 aromatic carbocycles. The zero-order valence-electron chi connectivity index (χ0n) is 29.9. The lowest BCUT2D eigenvalue weighted by Gasteiger charge is -2.25. The number of nitriles is 1. The van der Waals surface area contributed by atoms with Crippen molar-refractivity contribution in [1.82, 2.24) is 0 Å². The maximum absolute atomic E-state index is 11.9. The van der Waals surface area contributed by atoms with Gasteiger partial charge in [0.2, 0.25) is 0 Å². The van der Waals surface area contributed by atoms with Crippen LogP contribution in [0, 0.1) is 11.3 Å². The largest absolute Gasteiger partial charge is 0.493 e. The molecule has 0 aliphatic heterocycles. The van der Waals surface area contributed by atoms with Crippen LogP contribution in [-0.2, 0) is 14.3 Å². The molecule has 4 rings (SSSR count). The summed E-state index contributed by atoms with van der Waals surface area (Å²) in [5.74, 6) is -0.882. The first-order chi connectivity index (χ1) is 24.6. The van der Waals surface area contributed by atoms with Crippen molar-refractivity contribution >= 4 is 47.2 Å². The predicted molar refractivity (Wildman–Crippen MR) is 206 cm³/mol. The van der Waals surface area contributed by atoms with E-state index in [2.05, 4.69) is 53.4 Å². The number of carboxylic acids is 1. The van der Waals surface area contributed by atoms with E-state index in [0.717, 1.165) is 73.1 Å². The van der Waals surface area contributed by atoms with Gasteiger partial charge in [0.05, 0.1) is 6.61 Å². The van der Waals surface area contributed by atoms with Crippen molar-refractivity contribution in [3.63, 3.8) is 0 Å². The molecule has 0 spiro atoms. The normalized spacial score (nSPS) is 11.6. The molecule has 0 unspecified atom stereocenters. The van der Waals surface area contributed by atoms with Crippen LogP contribution in [0.25, 0.3) is 18.2 Å². The number of esters is 1. The lowest BCUT2D eigenvalue weighted by Crippen LogP contribution is -2.23. The second-order valence-corrected chi connectivity index (χ2v) is 13.4. The van der Waals surface area contributed by atoms with E-state index in [4.69, 9.17) is 9.47 Å². The van der Waals surface area contributed by atoms with Gasteiger partial charge in [0.1, 0.15) is 23.0 Å². The zero-order valence-corrected chi connectivity index (χ0v) is 29.9. The second-order valence-electron chi connectivity index (χ2n) is 13.4. The fraction of sp³-hybridized carbons (Fsp3) is 0.295. The summed E-state index contributed by atoms with van der Waals surface area (Å²) in [7, 11) is 0. The smallest absolute Gasteiger partial charge is 0.346 e. The Hall–Kier alpha value is -5.61. The molecule has 0 amide bonds. The Balaban J connectivity index is 1.36. The van der Waals surface area contributed by atoms with Crippen molar-refractivity contribution in [1.29, 1.82) is 5.26 Å². The number of carbonyl (C=O) groups is 2. The number of hydrogen-bond acceptors (Lipinski definition) is 6. The fourth-order valence-corrected chi connectivity index (χ4v) is 5.55. The number of carbonyl (C=O) groups excluding carboxylic acids is 1. The van der Waals surface area contributed by atoms with Crippen LogP contribution in [-0.4, -0.2) is 29.3 Å². The van der Waals surface area contributed by atoms with Gasteiger partial charge in [-0.25, -0.2) is 4.79 Å². The highest BCUT2D eigenvalue weighted by atomic mass is 16.6. The van der Waals surface area contributed by atoms with Gasteiger partial charge in [-0.3, -0.25) is 4.79 Å². The Bertz CT molecular complexity index is 1760. The van der Waals surface area contributed by atoms with Crippen LogP contribution >= 0.6 is 0 Å². The second kappa shape index (κ2) is 19.5. The lowest BCUT2D eigenvalue weighted by atomic mass is 10.1. The van der Waals surface area contributed by atoms with Gasteiger partial charge in [-0.1, -0.05) is 105 Å². The van der Waals surface area contributed by atoms with Crippen LogP contribution in [0.5, 0.6) is 5.75 Å². The van der Waals surface area contributed by atoms with E-state index in [1.807, 2.05) is 81.5 Å². The first-order valence-corrected chi connectivity index (χ1v) is 17.6. The highest BCUT2D eigenvalue weighted by molar-refractivity contribution is 5.97. The highest BCUT2D eigenvalue weighted by Crippen LogP contribution is 2.34. The molecule has 7 nitrogen and oxygen atoms in total. The fourth-order valence-electron chi connectivity index (χ4n) is 5.55. The molecule has 51 heavy (non-hydrogen) atoms. The Kier molecular flexibility index (Phi) is 14.6. The molecule has 0 heterocycles. The molecule has 264 valence electrons. The Morgan fingerprint density at radius 3 is 1.82 bits per heavy atom. The van der Waals surface area contributed by atoms with E-state index >= 15 is 0 Å². The van der Waals surface area contributed by atoms with E-state index < -0.39 is 11.6 Å². The van der Waals surface area contributed by atoms with E-state index in [9.17, 15) is 20.0 Å². The molecule has 0 saturated heterocycles. The van der Waals surface area contributed by atoms with Crippen LogP contribution in [0.3, 0.4) is 0 Å². The van der Waals surface area contributed by atoms with E-state index in [-0.39, 0.29) is 11.5 Å². The van der Waals surface area contributed by atoms with E-state index in [1.165, 1.54) is 6.08 Å². The number of aliphatic carboxylic acids is 1. The minimum Gasteiger partial charge on any atom is -0.493 e. The van der Waals surface area contributed by atoms with Crippen LogP contribution in [0.2, 0.25) is 0 Å². The van der Waals surface area contributed by atoms with Gasteiger partial charge in [-0.15, -0.1) is 0 Å². The van der Waals surface area contributed by atoms with Crippen LogP contribution < -0.4 is 9.64 Å². The molecule has 0 saturated carbocycles. The summed E-state index contributed by atoms with van der Waals surface area (Å²) in [6.45, 7) is 6.12. The summed E-state index contributed by atoms with van der Waals surface area (Å²) in [6.07, 6.45) is 12.7. The summed E-state index contributed by atoms with van der Waals surface area (Å²) in [5, 5.41) is 18.8. The standard InChI is InChI=1S/C44H48N2O5/c1-44(2,3)51-42(47)21-15-7-5-4-6-8-16-30-50-41-31-35(24-27-36(41)32-37(33-45)43(48)49)23-22-34-25-28-40(29-26-34)46(38-17-11-9-12-18-38)39-19-13-10-14-20-39/h9-14,17-20,22-29,31-32H,4-8,15-16,21,30H2,1-3H3,(H,48,49)/b23-22+,37-32-. The SMILES string of the molecule is CC(C)(C)OC(=O)CCCCCCCCCOc1cc(/C=C/c2ccc(N(c3ccccc3)c3ccccc3)cc2)ccc1/C=C(/C#N)C(=O)O. The summed E-state index contributed by atoms with van der Waals surface area (Å²) >= 11 is 0. The summed E-state index contributed by atoms with van der Waals surface area (Å²) in [5.41, 5.74) is 4.85. The summed E-state index contributed by atoms with van der Waals surface area (Å²) < 4.78 is 11.5. The van der Waals surface area contributed by atoms with Crippen molar-refractivity contribution in [3.8, 4) is 11.8 Å². The Morgan fingerprint density at radius 1 is 0.725 bits per heavy atom. The number of anilines is 3. The minimum atomic E-state index is -1.28. The van der Waals surface area contributed by atoms with Crippen molar-refractivity contribution in [3.05, 3.63) is 125 Å². The minimum absolute atomic E-state index is 0.137. The molecule has 0 atom stereocenters. The Labute approximate surface area is 302 Å². The van der Waals surface area contributed by atoms with Gasteiger partial charge in [0.25, 0.3) is 0 Å². The number of carboxylic acid groups (broad SMARTS) is 1. The first-order valence-electron chi connectivity index (χ1n) is 17.6. The van der Waals surface area contributed by atoms with Gasteiger partial charge in [-0.2, -0.15) is 5.26 Å². The van der Waals surface area contributed by atoms with Crippen molar-refractivity contribution in [2.75, 3.05) is 11.5 Å². The molecule has 0 aliphatic rings. The number of benzene rings is 4. The molecule has 0 aliphatic carbocycles. The van der Waals surface area contributed by atoms with E-state index in [1.54, 1.807) is 12.1 Å². The van der Waals surface area contributed by atoms with Gasteiger partial charge < -0.3 is 19.5 Å². The van der Waals surface area contributed by atoms with Crippen LogP contribution in [0.4, 0.5) is 17.1 Å². The molecule has 0 radical (unpaired) electrons. The van der Waals surface area contributed by atoms with Gasteiger partial charge in [-0.05, 0) is 93.3 Å². The van der Waals surface area contributed by atoms with E-state index in [0.29, 0.717) is 24.3 Å². The highest BCUT2D eigenvalue weighted by Gasteiger charge is 2.16. The molecule has 4 aromatic rings. The average Bonchev–Trinajstić information content (AvgIpc) is 3.11. The third-order valence-corrected chi connectivity index (χ3v) is 8.04. The molecule has 1 N–H and O–H groups in total. The predicted octanol–water partition coefficient (Wildman–Crippen LogP) is 11.2. The maximum Gasteiger partial charge on any atom is 0.346 e. The first kappa shape index (κ1) is 38.2. The maximum atomic E-state index is 11.9. The van der Waals surface area contributed by atoms with Gasteiger partial charge >= 0.3 is 11.9 Å².